The van der Waals surface area contributed by atoms with E-state index >= 15 is 0 Å². The van der Waals surface area contributed by atoms with Crippen LogP contribution in [0, 0.1) is 0 Å². The van der Waals surface area contributed by atoms with Crippen LogP contribution in [0.2, 0.25) is 5.02 Å². The van der Waals surface area contributed by atoms with Gasteiger partial charge in [-0.25, -0.2) is 0 Å². The van der Waals surface area contributed by atoms with Gasteiger partial charge in [-0.15, -0.1) is 11.3 Å². The van der Waals surface area contributed by atoms with Gasteiger partial charge >= 0.3 is 12.1 Å². The molecule has 0 N–H and O–H groups in total. The summed E-state index contributed by atoms with van der Waals surface area (Å²) in [4.78, 5) is 56.6. The van der Waals surface area contributed by atoms with Gasteiger partial charge in [-0.3, -0.25) is 23.9 Å². The second-order valence-corrected chi connectivity index (χ2v) is 8.95. The van der Waals surface area contributed by atoms with Gasteiger partial charge in [0, 0.05) is 17.1 Å². The fourth-order valence-electron chi connectivity index (χ4n) is 3.77. The number of ether oxygens (including phenoxy) is 1. The molecule has 0 saturated heterocycles. The zero-order valence-corrected chi connectivity index (χ0v) is 20.5. The number of aromatic nitrogens is 1. The fourth-order valence-corrected chi connectivity index (χ4v) is 4.99. The molecule has 1 atom stereocenters. The van der Waals surface area contributed by atoms with Crippen molar-refractivity contribution >= 4 is 58.8 Å². The van der Waals surface area contributed by atoms with Crippen LogP contribution in [0.4, 0.5) is 5.69 Å². The Labute approximate surface area is 209 Å². The number of hydrogen-bond acceptors (Lipinski definition) is 7. The van der Waals surface area contributed by atoms with E-state index in [0.717, 1.165) is 16.9 Å². The number of rotatable bonds is 5. The molecule has 1 aliphatic rings. The van der Waals surface area contributed by atoms with E-state index < -0.39 is 18.0 Å². The second kappa shape index (κ2) is 11.1. The normalized spacial score (nSPS) is 14.5. The molecule has 1 amide bonds. The molecule has 10 heteroatoms. The number of benzene rings is 2. The van der Waals surface area contributed by atoms with E-state index in [2.05, 4.69) is 6.58 Å². The average molecular weight is 513 g/mol. The number of hydrogen-bond donors (Lipinski definition) is 0. The third-order valence-corrected chi connectivity index (χ3v) is 6.62. The smallest absolute Gasteiger partial charge is 0.373 e. The van der Waals surface area contributed by atoms with Gasteiger partial charge in [0.15, 0.2) is 0 Å². The van der Waals surface area contributed by atoms with Gasteiger partial charge in [0.1, 0.15) is 17.2 Å². The number of amides is 1. The summed E-state index contributed by atoms with van der Waals surface area (Å²) in [7, 11) is 0. The zero-order valence-electron chi connectivity index (χ0n) is 18.9. The van der Waals surface area contributed by atoms with Crippen LogP contribution in [-0.4, -0.2) is 29.1 Å². The summed E-state index contributed by atoms with van der Waals surface area (Å²) in [5.41, 5.74) is 1.85. The quantitative estimate of drug-likeness (QED) is 0.486. The third-order valence-electron chi connectivity index (χ3n) is 5.35. The van der Waals surface area contributed by atoms with E-state index in [1.807, 2.05) is 37.3 Å². The maximum Gasteiger partial charge on any atom is 0.373 e. The van der Waals surface area contributed by atoms with Crippen molar-refractivity contribution in [2.45, 2.75) is 26.5 Å². The Morgan fingerprint density at radius 3 is 2.43 bits per heavy atom. The molecule has 180 valence electrons. The minimum atomic E-state index is -0.549. The minimum absolute atomic E-state index is 0.235. The number of anilines is 1. The molecular weight excluding hydrogens is 492 g/mol. The van der Waals surface area contributed by atoms with Gasteiger partial charge in [0.25, 0.3) is 11.5 Å². The lowest BCUT2D eigenvalue weighted by molar-refractivity contribution is -0.191. The Morgan fingerprint density at radius 2 is 1.83 bits per heavy atom. The highest BCUT2D eigenvalue weighted by atomic mass is 35.5. The van der Waals surface area contributed by atoms with Crippen molar-refractivity contribution in [3.8, 4) is 0 Å². The molecule has 3 aromatic rings. The molecule has 0 saturated carbocycles. The van der Waals surface area contributed by atoms with E-state index in [-0.39, 0.29) is 23.8 Å². The number of fused-ring (bicyclic) bond motifs is 1. The topological polar surface area (TPSA) is 103 Å². The summed E-state index contributed by atoms with van der Waals surface area (Å²) in [5.74, 6) is -0.986. The van der Waals surface area contributed by atoms with E-state index in [1.165, 1.54) is 9.47 Å². The van der Waals surface area contributed by atoms with Crippen molar-refractivity contribution in [2.75, 3.05) is 11.4 Å². The van der Waals surface area contributed by atoms with Crippen LogP contribution in [0.25, 0.3) is 12.2 Å². The first-order chi connectivity index (χ1) is 16.7. The summed E-state index contributed by atoms with van der Waals surface area (Å²) in [6.07, 6.45) is -0.211. The van der Waals surface area contributed by atoms with Crippen molar-refractivity contribution < 1.29 is 23.9 Å². The Hall–Kier alpha value is -3.78. The molecule has 2 aromatic carbocycles. The van der Waals surface area contributed by atoms with Crippen molar-refractivity contribution in [3.63, 3.8) is 0 Å². The van der Waals surface area contributed by atoms with Gasteiger partial charge in [-0.05, 0) is 37.6 Å². The van der Waals surface area contributed by atoms with Gasteiger partial charge in [0.05, 0.1) is 15.9 Å². The highest BCUT2D eigenvalue weighted by Gasteiger charge is 2.36. The summed E-state index contributed by atoms with van der Waals surface area (Å²) in [6, 6.07) is 14.3. The molecule has 2 heterocycles. The predicted molar refractivity (Wildman–Crippen MR) is 131 cm³/mol. The number of nitrogens with zero attached hydrogens (tertiary/aromatic N) is 2. The van der Waals surface area contributed by atoms with Crippen LogP contribution >= 0.6 is 22.9 Å². The number of carbonyl (C=O) groups excluding carboxylic acids is 4. The van der Waals surface area contributed by atoms with Crippen LogP contribution in [0.1, 0.15) is 31.1 Å². The molecule has 1 aliphatic heterocycles. The molecule has 4 rings (SSSR count). The SMILES string of the molecule is C=c1s/c(=C2\C(=O)N(CC(=O)O[C@H](C)c3ccccc3)c3ccc(Cl)cc32)c(=O)n1CC.O=C=O. The third kappa shape index (κ3) is 5.33. The first kappa shape index (κ1) is 25.8. The van der Waals surface area contributed by atoms with Crippen LogP contribution < -0.4 is 19.7 Å². The molecule has 0 fully saturated rings. The highest BCUT2D eigenvalue weighted by molar-refractivity contribution is 7.07. The number of thiazole rings is 1. The van der Waals surface area contributed by atoms with Crippen LogP contribution in [0.15, 0.2) is 53.3 Å². The number of halogens is 1. The van der Waals surface area contributed by atoms with Gasteiger partial charge in [0.2, 0.25) is 0 Å². The molecule has 0 unspecified atom stereocenters. The van der Waals surface area contributed by atoms with Crippen LogP contribution in [0.5, 0.6) is 0 Å². The maximum absolute atomic E-state index is 13.4. The first-order valence-electron chi connectivity index (χ1n) is 10.5. The van der Waals surface area contributed by atoms with Crippen molar-refractivity contribution in [1.82, 2.24) is 4.57 Å². The summed E-state index contributed by atoms with van der Waals surface area (Å²) in [5, 5.41) is 0.429. The molecule has 1 aromatic heterocycles. The van der Waals surface area contributed by atoms with Crippen LogP contribution in [0.3, 0.4) is 0 Å². The van der Waals surface area contributed by atoms with Crippen molar-refractivity contribution in [3.05, 3.63) is 84.2 Å². The van der Waals surface area contributed by atoms with E-state index in [9.17, 15) is 14.4 Å². The second-order valence-electron chi connectivity index (χ2n) is 7.43. The Morgan fingerprint density at radius 1 is 1.17 bits per heavy atom. The summed E-state index contributed by atoms with van der Waals surface area (Å²) < 4.78 is 7.92. The molecule has 0 bridgehead atoms. The molecule has 0 radical (unpaired) electrons. The predicted octanol–water partition coefficient (Wildman–Crippen LogP) is 2.26. The van der Waals surface area contributed by atoms with E-state index in [1.54, 1.807) is 25.1 Å². The number of esters is 1. The minimum Gasteiger partial charge on any atom is -0.456 e. The van der Waals surface area contributed by atoms with E-state index in [4.69, 9.17) is 25.9 Å². The average Bonchev–Trinajstić information content (AvgIpc) is 3.25. The summed E-state index contributed by atoms with van der Waals surface area (Å²) in [6.45, 7) is 7.70. The lowest BCUT2D eigenvalue weighted by atomic mass is 10.1. The monoisotopic (exact) mass is 512 g/mol. The lowest BCUT2D eigenvalue weighted by Crippen LogP contribution is -2.37. The molecule has 8 nitrogen and oxygen atoms in total. The Kier molecular flexibility index (Phi) is 8.19. The summed E-state index contributed by atoms with van der Waals surface area (Å²) >= 11 is 7.35. The van der Waals surface area contributed by atoms with Crippen LogP contribution in [-0.2, 0) is 30.5 Å². The maximum atomic E-state index is 13.4. The van der Waals surface area contributed by atoms with Gasteiger partial charge < -0.3 is 4.74 Å². The Bertz CT molecular complexity index is 1470. The first-order valence-corrected chi connectivity index (χ1v) is 11.7. The number of carbonyl (C=O) groups is 2. The molecule has 0 spiro atoms. The highest BCUT2D eigenvalue weighted by Crippen LogP contribution is 2.37. The molecule has 0 aliphatic carbocycles. The molecular formula is C25H21ClN2O6S. The largest absolute Gasteiger partial charge is 0.456 e. The zero-order chi connectivity index (χ0) is 25.7. The fraction of sp³-hybridized carbons (Fsp3) is 0.200. The van der Waals surface area contributed by atoms with Crippen molar-refractivity contribution in [1.29, 1.82) is 0 Å². The van der Waals surface area contributed by atoms with E-state index in [0.29, 0.717) is 32.0 Å². The van der Waals surface area contributed by atoms with Crippen molar-refractivity contribution in [2.24, 2.45) is 0 Å². The van der Waals surface area contributed by atoms with Gasteiger partial charge in [-0.1, -0.05) is 48.5 Å². The Balaban J connectivity index is 0.00000108. The van der Waals surface area contributed by atoms with Gasteiger partial charge in [-0.2, -0.15) is 9.59 Å². The standard InChI is InChI=1S/C24H21ClN2O4S.CO2/c1-4-26-15(3)32-22(24(26)30)21-18-12-17(25)10-11-19(18)27(23(21)29)13-20(28)31-14(2)16-8-6-5-7-9-16;2-1-3/h5-12,14H,3-4,13H2,1-2H3;/b22-21-;/t14-;/m1./s1. The lowest BCUT2D eigenvalue weighted by Gasteiger charge is -2.19. The molecule has 35 heavy (non-hydrogen) atoms.